The first-order valence-electron chi connectivity index (χ1n) is 14.3. The van der Waals surface area contributed by atoms with Crippen molar-refractivity contribution in [2.45, 2.75) is 71.9 Å². The summed E-state index contributed by atoms with van der Waals surface area (Å²) in [5, 5.41) is 7.99. The SMILES string of the molecule is CCCC1CCCCC1.CNC(C)=O.COc1cc(C(=O)NCCN(C)C)ccc1Nc1ncc(C(F)(F)F)c(C)n1. The van der Waals surface area contributed by atoms with Gasteiger partial charge in [0.25, 0.3) is 5.91 Å². The standard InChI is InChI=1S/C18H22F3N5O2.C9H18.C3H7NO/c1-11-13(18(19,20)21)10-23-17(24-11)25-14-6-5-12(9-15(14)28-4)16(27)22-7-8-26(2)3;1-2-6-9-7-4-3-5-8-9;1-3(5)4-2/h5-6,9-10H,7-8H2,1-4H3,(H,22,27)(H,23,24,25);9H,2-8H2,1H3;1-2H3,(H,4,5). The number of carbonyl (C=O) groups is 2. The molecule has 1 aliphatic rings. The average Bonchev–Trinajstić information content (AvgIpc) is 2.93. The van der Waals surface area contributed by atoms with E-state index in [1.54, 1.807) is 19.2 Å². The number of methoxy groups -OCH3 is 1. The molecule has 0 spiro atoms. The third-order valence-electron chi connectivity index (χ3n) is 6.61. The monoisotopic (exact) mass is 596 g/mol. The molecule has 0 atom stereocenters. The van der Waals surface area contributed by atoms with Gasteiger partial charge < -0.3 is 25.6 Å². The maximum atomic E-state index is 12.8. The second-order valence-electron chi connectivity index (χ2n) is 10.4. The molecule has 3 rings (SSSR count). The van der Waals surface area contributed by atoms with Gasteiger partial charge in [-0.15, -0.1) is 0 Å². The summed E-state index contributed by atoms with van der Waals surface area (Å²) in [5.74, 6) is 1.18. The third-order valence-corrected chi connectivity index (χ3v) is 6.61. The highest BCUT2D eigenvalue weighted by Crippen LogP contribution is 2.32. The van der Waals surface area contributed by atoms with Crippen molar-refractivity contribution in [2.24, 2.45) is 5.92 Å². The summed E-state index contributed by atoms with van der Waals surface area (Å²) < 4.78 is 43.7. The lowest BCUT2D eigenvalue weighted by molar-refractivity contribution is -0.138. The van der Waals surface area contributed by atoms with Crippen molar-refractivity contribution in [3.05, 3.63) is 41.2 Å². The number of ether oxygens (including phenoxy) is 1. The third kappa shape index (κ3) is 14.0. The summed E-state index contributed by atoms with van der Waals surface area (Å²) in [6.45, 7) is 6.22. The van der Waals surface area contributed by atoms with Crippen molar-refractivity contribution in [2.75, 3.05) is 46.7 Å². The number of carbonyl (C=O) groups excluding carboxylic acids is 2. The molecule has 1 aromatic heterocycles. The van der Waals surface area contributed by atoms with E-state index >= 15 is 0 Å². The molecule has 0 radical (unpaired) electrons. The molecule has 0 aliphatic heterocycles. The van der Waals surface area contributed by atoms with E-state index in [0.717, 1.165) is 12.1 Å². The van der Waals surface area contributed by atoms with Crippen molar-refractivity contribution >= 4 is 23.5 Å². The van der Waals surface area contributed by atoms with Crippen molar-refractivity contribution in [3.8, 4) is 5.75 Å². The molecule has 0 unspecified atom stereocenters. The number of alkyl halides is 3. The lowest BCUT2D eigenvalue weighted by Gasteiger charge is -2.20. The van der Waals surface area contributed by atoms with Gasteiger partial charge in [0.1, 0.15) is 5.75 Å². The lowest BCUT2D eigenvalue weighted by Crippen LogP contribution is -2.31. The van der Waals surface area contributed by atoms with Crippen LogP contribution in [0, 0.1) is 12.8 Å². The van der Waals surface area contributed by atoms with E-state index in [1.165, 1.54) is 72.0 Å². The highest BCUT2D eigenvalue weighted by atomic mass is 19.4. The molecule has 2 amide bonds. The summed E-state index contributed by atoms with van der Waals surface area (Å²) in [6, 6.07) is 4.69. The molecular formula is C30H47F3N6O3. The Balaban J connectivity index is 0.000000515. The van der Waals surface area contributed by atoms with Gasteiger partial charge in [-0.05, 0) is 45.1 Å². The first kappa shape index (κ1) is 36.6. The molecule has 9 nitrogen and oxygen atoms in total. The zero-order valence-electron chi connectivity index (χ0n) is 26.0. The van der Waals surface area contributed by atoms with Gasteiger partial charge in [0.15, 0.2) is 0 Å². The zero-order chi connectivity index (χ0) is 31.7. The Hall–Kier alpha value is -3.41. The average molecular weight is 597 g/mol. The number of halogens is 3. The normalized spacial score (nSPS) is 13.2. The molecule has 12 heteroatoms. The fourth-order valence-corrected chi connectivity index (χ4v) is 4.24. The van der Waals surface area contributed by atoms with Crippen molar-refractivity contribution in [3.63, 3.8) is 0 Å². The van der Waals surface area contributed by atoms with E-state index in [9.17, 15) is 22.8 Å². The fraction of sp³-hybridized carbons (Fsp3) is 0.600. The van der Waals surface area contributed by atoms with Gasteiger partial charge in [0, 0.05) is 38.8 Å². The minimum Gasteiger partial charge on any atom is -0.495 e. The van der Waals surface area contributed by atoms with Gasteiger partial charge in [-0.25, -0.2) is 9.97 Å². The topological polar surface area (TPSA) is 108 Å². The predicted octanol–water partition coefficient (Wildman–Crippen LogP) is 5.97. The largest absolute Gasteiger partial charge is 0.495 e. The smallest absolute Gasteiger partial charge is 0.419 e. The Bertz CT molecular complexity index is 1100. The summed E-state index contributed by atoms with van der Waals surface area (Å²) in [5.41, 5.74) is -0.271. The van der Waals surface area contributed by atoms with E-state index in [2.05, 4.69) is 32.8 Å². The van der Waals surface area contributed by atoms with Gasteiger partial charge >= 0.3 is 6.18 Å². The lowest BCUT2D eigenvalue weighted by atomic mass is 9.86. The Labute approximate surface area is 248 Å². The maximum absolute atomic E-state index is 12.8. The predicted molar refractivity (Wildman–Crippen MR) is 160 cm³/mol. The number of benzene rings is 1. The number of hydrogen-bond acceptors (Lipinski definition) is 7. The van der Waals surface area contributed by atoms with Crippen molar-refractivity contribution in [1.29, 1.82) is 0 Å². The number of nitrogens with zero attached hydrogens (tertiary/aromatic N) is 3. The van der Waals surface area contributed by atoms with E-state index in [4.69, 9.17) is 4.74 Å². The summed E-state index contributed by atoms with van der Waals surface area (Å²) >= 11 is 0. The van der Waals surface area contributed by atoms with Crippen LogP contribution < -0.4 is 20.7 Å². The first-order chi connectivity index (χ1) is 19.8. The van der Waals surface area contributed by atoms with Crippen LogP contribution in [-0.4, -0.2) is 68.0 Å². The Morgan fingerprint density at radius 2 is 1.79 bits per heavy atom. The molecule has 1 aliphatic carbocycles. The van der Waals surface area contributed by atoms with Crippen LogP contribution in [0.1, 0.15) is 80.4 Å². The second-order valence-corrected chi connectivity index (χ2v) is 10.4. The summed E-state index contributed by atoms with van der Waals surface area (Å²) in [4.78, 5) is 31.4. The molecule has 236 valence electrons. The number of amides is 2. The summed E-state index contributed by atoms with van der Waals surface area (Å²) in [6.07, 6.45) is 6.65. The van der Waals surface area contributed by atoms with Crippen molar-refractivity contribution in [1.82, 2.24) is 25.5 Å². The maximum Gasteiger partial charge on any atom is 0.419 e. The zero-order valence-corrected chi connectivity index (χ0v) is 26.0. The van der Waals surface area contributed by atoms with Crippen LogP contribution in [0.5, 0.6) is 5.75 Å². The van der Waals surface area contributed by atoms with E-state index in [0.29, 0.717) is 30.1 Å². The van der Waals surface area contributed by atoms with Crippen LogP contribution in [0.2, 0.25) is 0 Å². The number of aromatic nitrogens is 2. The molecule has 0 bridgehead atoms. The Morgan fingerprint density at radius 3 is 2.29 bits per heavy atom. The molecule has 3 N–H and O–H groups in total. The molecule has 2 aromatic rings. The molecule has 1 heterocycles. The van der Waals surface area contributed by atoms with E-state index in [-0.39, 0.29) is 23.5 Å². The Kier molecular flexibility index (Phi) is 16.5. The van der Waals surface area contributed by atoms with Crippen LogP contribution in [0.3, 0.4) is 0 Å². The number of likely N-dealkylation sites (N-methyl/N-ethyl adjacent to an activating group) is 1. The highest BCUT2D eigenvalue weighted by Gasteiger charge is 2.33. The van der Waals surface area contributed by atoms with Crippen LogP contribution >= 0.6 is 0 Å². The van der Waals surface area contributed by atoms with Gasteiger partial charge in [-0.2, -0.15) is 13.2 Å². The number of anilines is 2. The number of hydrogen-bond donors (Lipinski definition) is 3. The second kappa shape index (κ2) is 18.9. The van der Waals surface area contributed by atoms with Gasteiger partial charge in [0.2, 0.25) is 11.9 Å². The molecule has 1 fully saturated rings. The van der Waals surface area contributed by atoms with Crippen LogP contribution in [0.15, 0.2) is 24.4 Å². The Morgan fingerprint density at radius 1 is 1.14 bits per heavy atom. The molecule has 42 heavy (non-hydrogen) atoms. The van der Waals surface area contributed by atoms with Gasteiger partial charge in [0.05, 0.1) is 24.1 Å². The number of rotatable bonds is 9. The molecule has 1 saturated carbocycles. The summed E-state index contributed by atoms with van der Waals surface area (Å²) in [7, 11) is 6.83. The number of nitrogens with one attached hydrogen (secondary N) is 3. The minimum absolute atomic E-state index is 0.00463. The van der Waals surface area contributed by atoms with E-state index < -0.39 is 11.7 Å². The quantitative estimate of drug-likeness (QED) is 0.328. The first-order valence-corrected chi connectivity index (χ1v) is 14.3. The highest BCUT2D eigenvalue weighted by molar-refractivity contribution is 5.95. The van der Waals surface area contributed by atoms with Crippen molar-refractivity contribution < 1.29 is 27.5 Å². The van der Waals surface area contributed by atoms with Gasteiger partial charge in [-0.1, -0.05) is 51.9 Å². The molecule has 1 aromatic carbocycles. The van der Waals surface area contributed by atoms with E-state index in [1.807, 2.05) is 19.0 Å². The molecule has 0 saturated heterocycles. The fourth-order valence-electron chi connectivity index (χ4n) is 4.24. The number of aryl methyl sites for hydroxylation is 1. The van der Waals surface area contributed by atoms with Crippen LogP contribution in [0.25, 0.3) is 0 Å². The van der Waals surface area contributed by atoms with Crippen LogP contribution in [-0.2, 0) is 11.0 Å². The van der Waals surface area contributed by atoms with Gasteiger partial charge in [-0.3, -0.25) is 9.59 Å². The molecular weight excluding hydrogens is 549 g/mol. The van der Waals surface area contributed by atoms with Crippen LogP contribution in [0.4, 0.5) is 24.8 Å². The minimum atomic E-state index is -4.51.